The number of hydrogen-bond acceptors (Lipinski definition) is 4. The summed E-state index contributed by atoms with van der Waals surface area (Å²) in [5, 5.41) is 1.94. The van der Waals surface area contributed by atoms with Gasteiger partial charge < -0.3 is 4.74 Å². The van der Waals surface area contributed by atoms with Crippen molar-refractivity contribution in [2.24, 2.45) is 0 Å². The van der Waals surface area contributed by atoms with E-state index in [4.69, 9.17) is 32.1 Å². The third-order valence-electron chi connectivity index (χ3n) is 4.26. The van der Waals surface area contributed by atoms with Crippen LogP contribution in [0, 0.1) is 0 Å². The van der Waals surface area contributed by atoms with E-state index < -0.39 is 15.7 Å². The van der Waals surface area contributed by atoms with Gasteiger partial charge in [-0.25, -0.2) is 0 Å². The number of hydrogen-bond donors (Lipinski definition) is 0. The first-order valence-electron chi connectivity index (χ1n) is 8.12. The van der Waals surface area contributed by atoms with E-state index >= 15 is 0 Å². The van der Waals surface area contributed by atoms with Crippen LogP contribution in [-0.4, -0.2) is 14.0 Å². The fourth-order valence-corrected chi connectivity index (χ4v) is 4.50. The molecule has 1 heterocycles. The number of benzene rings is 2. The third kappa shape index (κ3) is 4.23. The highest BCUT2D eigenvalue weighted by Gasteiger charge is 2.46. The van der Waals surface area contributed by atoms with Gasteiger partial charge in [0.15, 0.2) is 0 Å². The van der Waals surface area contributed by atoms with Crippen molar-refractivity contribution >= 4 is 33.3 Å². The van der Waals surface area contributed by atoms with Crippen molar-refractivity contribution in [3.8, 4) is 0 Å². The summed E-state index contributed by atoms with van der Waals surface area (Å²) in [5.41, 5.74) is 0.709. The van der Waals surface area contributed by atoms with E-state index in [-0.39, 0.29) is 6.61 Å². The molecule has 0 aliphatic carbocycles. The average Bonchev–Trinajstić information content (AvgIpc) is 2.87. The molecule has 26 heavy (non-hydrogen) atoms. The van der Waals surface area contributed by atoms with Gasteiger partial charge in [-0.05, 0) is 29.7 Å². The van der Waals surface area contributed by atoms with Crippen LogP contribution in [-0.2, 0) is 32.1 Å². The van der Waals surface area contributed by atoms with Crippen LogP contribution in [0.4, 0.5) is 0 Å². The Labute approximate surface area is 163 Å². The van der Waals surface area contributed by atoms with Crippen molar-refractivity contribution < 1.29 is 17.3 Å². The van der Waals surface area contributed by atoms with Crippen LogP contribution in [0.2, 0.25) is 10.0 Å². The molecule has 1 aliphatic rings. The van der Waals surface area contributed by atoms with Gasteiger partial charge in [0.1, 0.15) is 18.0 Å². The molecule has 1 unspecified atom stereocenters. The summed E-state index contributed by atoms with van der Waals surface area (Å²) < 4.78 is 35.5. The predicted octanol–water partition coefficient (Wildman–Crippen LogP) is 5.10. The largest absolute Gasteiger partial charge is 0.489 e. The lowest BCUT2D eigenvalue weighted by Crippen LogP contribution is -2.35. The maximum absolute atomic E-state index is 12.1. The maximum Gasteiger partial charge on any atom is 0.294 e. The van der Waals surface area contributed by atoms with Crippen LogP contribution < -0.4 is 0 Å². The molecule has 1 aliphatic heterocycles. The quantitative estimate of drug-likeness (QED) is 0.618. The van der Waals surface area contributed by atoms with Crippen LogP contribution in [0.3, 0.4) is 0 Å². The Morgan fingerprint density at radius 3 is 2.42 bits per heavy atom. The van der Waals surface area contributed by atoms with Crippen molar-refractivity contribution in [2.45, 2.75) is 32.0 Å². The van der Waals surface area contributed by atoms with Crippen LogP contribution in [0.25, 0.3) is 0 Å². The summed E-state index contributed by atoms with van der Waals surface area (Å²) in [6, 6.07) is 14.7. The zero-order valence-electron chi connectivity index (χ0n) is 14.1. The van der Waals surface area contributed by atoms with Crippen LogP contribution in [0.1, 0.15) is 24.5 Å². The summed E-state index contributed by atoms with van der Waals surface area (Å²) in [6.45, 7) is 2.04. The molecule has 0 bridgehead atoms. The highest BCUT2D eigenvalue weighted by Crippen LogP contribution is 2.39. The molecule has 0 aromatic heterocycles. The van der Waals surface area contributed by atoms with Gasteiger partial charge in [-0.15, -0.1) is 0 Å². The van der Waals surface area contributed by atoms with Crippen LogP contribution in [0.5, 0.6) is 0 Å². The summed E-state index contributed by atoms with van der Waals surface area (Å²) >= 11 is 11.9. The van der Waals surface area contributed by atoms with E-state index in [0.29, 0.717) is 28.6 Å². The van der Waals surface area contributed by atoms with Gasteiger partial charge in [-0.2, -0.15) is 8.42 Å². The Morgan fingerprint density at radius 1 is 1.04 bits per heavy atom. The Balaban J connectivity index is 1.85. The second kappa shape index (κ2) is 7.61. The molecular formula is C19H18Cl2O4S. The average molecular weight is 413 g/mol. The first kappa shape index (κ1) is 19.2. The minimum Gasteiger partial charge on any atom is -0.489 e. The van der Waals surface area contributed by atoms with Gasteiger partial charge in [0, 0.05) is 6.42 Å². The minimum atomic E-state index is -3.79. The second-order valence-electron chi connectivity index (χ2n) is 6.11. The maximum atomic E-state index is 12.1. The summed E-state index contributed by atoms with van der Waals surface area (Å²) in [4.78, 5) is 0. The topological polar surface area (TPSA) is 52.6 Å². The lowest BCUT2D eigenvalue weighted by Gasteiger charge is -2.29. The molecule has 0 amide bonds. The highest BCUT2D eigenvalue weighted by atomic mass is 35.5. The van der Waals surface area contributed by atoms with Crippen molar-refractivity contribution in [1.29, 1.82) is 0 Å². The van der Waals surface area contributed by atoms with E-state index in [0.717, 1.165) is 16.5 Å². The lowest BCUT2D eigenvalue weighted by molar-refractivity contribution is 0.0407. The molecule has 0 fully saturated rings. The van der Waals surface area contributed by atoms with Gasteiger partial charge in [-0.3, -0.25) is 4.18 Å². The van der Waals surface area contributed by atoms with Gasteiger partial charge in [0.05, 0.1) is 15.5 Å². The molecule has 0 radical (unpaired) electrons. The molecule has 1 atom stereocenters. The third-order valence-corrected chi connectivity index (χ3v) is 6.05. The summed E-state index contributed by atoms with van der Waals surface area (Å²) in [6.07, 6.45) is 0.852. The zero-order chi connectivity index (χ0) is 18.8. The normalized spacial score (nSPS) is 21.4. The first-order valence-corrected chi connectivity index (χ1v) is 10.3. The second-order valence-corrected chi connectivity index (χ2v) is 8.31. The van der Waals surface area contributed by atoms with E-state index in [1.165, 1.54) is 0 Å². The monoisotopic (exact) mass is 412 g/mol. The van der Waals surface area contributed by atoms with E-state index in [2.05, 4.69) is 0 Å². The molecule has 0 N–H and O–H groups in total. The fraction of sp³-hybridized carbons (Fsp3) is 0.263. The van der Waals surface area contributed by atoms with E-state index in [1.807, 2.05) is 37.3 Å². The Bertz CT molecular complexity index is 926. The zero-order valence-corrected chi connectivity index (χ0v) is 16.4. The molecule has 138 valence electrons. The number of rotatable bonds is 6. The van der Waals surface area contributed by atoms with Crippen molar-refractivity contribution in [1.82, 2.24) is 0 Å². The van der Waals surface area contributed by atoms with Gasteiger partial charge in [-0.1, -0.05) is 66.5 Å². The number of ether oxygens (including phenoxy) is 1. The van der Waals surface area contributed by atoms with E-state index in [1.54, 1.807) is 18.2 Å². The molecule has 7 heteroatoms. The van der Waals surface area contributed by atoms with Crippen molar-refractivity contribution in [2.75, 3.05) is 0 Å². The van der Waals surface area contributed by atoms with Gasteiger partial charge in [0.2, 0.25) is 0 Å². The number of halogens is 2. The summed E-state index contributed by atoms with van der Waals surface area (Å²) in [7, 11) is -3.79. The standard InChI is InChI=1S/C19H18Cl2O4S/c1-2-19(11-14-6-4-3-5-7-14)18(13-26(22,23)25-19)24-12-15-8-9-16(20)17(21)10-15/h3-10,13H,2,11-12H2,1H3. The molecule has 3 rings (SSSR count). The molecule has 2 aromatic rings. The van der Waals surface area contributed by atoms with Gasteiger partial charge >= 0.3 is 0 Å². The first-order chi connectivity index (χ1) is 12.3. The van der Waals surface area contributed by atoms with Crippen LogP contribution in [0.15, 0.2) is 59.7 Å². The molecule has 2 aromatic carbocycles. The smallest absolute Gasteiger partial charge is 0.294 e. The Hall–Kier alpha value is -1.53. The lowest BCUT2D eigenvalue weighted by atomic mass is 9.90. The Kier molecular flexibility index (Phi) is 5.63. The highest BCUT2D eigenvalue weighted by molar-refractivity contribution is 7.90. The molecule has 0 saturated heterocycles. The van der Waals surface area contributed by atoms with Gasteiger partial charge in [0.25, 0.3) is 10.1 Å². The summed E-state index contributed by atoms with van der Waals surface area (Å²) in [5.74, 6) is 0.301. The van der Waals surface area contributed by atoms with E-state index in [9.17, 15) is 8.42 Å². The fourth-order valence-electron chi connectivity index (χ4n) is 2.88. The minimum absolute atomic E-state index is 0.165. The molecular weight excluding hydrogens is 395 g/mol. The van der Waals surface area contributed by atoms with Crippen molar-refractivity contribution in [3.05, 3.63) is 80.9 Å². The van der Waals surface area contributed by atoms with Crippen LogP contribution >= 0.6 is 23.2 Å². The Morgan fingerprint density at radius 2 is 1.77 bits per heavy atom. The SMILES string of the molecule is CCC1(Cc2ccccc2)OS(=O)(=O)C=C1OCc1ccc(Cl)c(Cl)c1. The molecule has 4 nitrogen and oxygen atoms in total. The molecule has 0 saturated carbocycles. The predicted molar refractivity (Wildman–Crippen MR) is 103 cm³/mol. The van der Waals surface area contributed by atoms with Crippen molar-refractivity contribution in [3.63, 3.8) is 0 Å². The molecule has 0 spiro atoms.